The first-order valence-electron chi connectivity index (χ1n) is 5.28. The summed E-state index contributed by atoms with van der Waals surface area (Å²) in [6.07, 6.45) is 0. The minimum absolute atomic E-state index is 0.116. The number of benzene rings is 1. The molecular formula is C12H13N5O. The SMILES string of the molecule is C=C(C)c1nc(N)nc(Nc2cccc(O)c2)n1. The number of rotatable bonds is 3. The van der Waals surface area contributed by atoms with Crippen LogP contribution in [0.15, 0.2) is 30.8 Å². The molecule has 0 atom stereocenters. The molecule has 18 heavy (non-hydrogen) atoms. The van der Waals surface area contributed by atoms with Crippen molar-refractivity contribution in [2.75, 3.05) is 11.1 Å². The second-order valence-electron chi connectivity index (χ2n) is 3.80. The summed E-state index contributed by atoms with van der Waals surface area (Å²) in [7, 11) is 0. The maximum absolute atomic E-state index is 9.36. The molecule has 4 N–H and O–H groups in total. The first-order chi connectivity index (χ1) is 8.54. The van der Waals surface area contributed by atoms with Crippen LogP contribution in [0.5, 0.6) is 5.75 Å². The Balaban J connectivity index is 2.31. The Hall–Kier alpha value is -2.63. The molecule has 0 saturated carbocycles. The quantitative estimate of drug-likeness (QED) is 0.762. The molecule has 6 heteroatoms. The molecule has 0 radical (unpaired) electrons. The molecular weight excluding hydrogens is 230 g/mol. The van der Waals surface area contributed by atoms with Gasteiger partial charge in [0.2, 0.25) is 11.9 Å². The molecule has 0 aliphatic heterocycles. The Bertz CT molecular complexity index is 597. The van der Waals surface area contributed by atoms with Crippen LogP contribution in [0.4, 0.5) is 17.6 Å². The van der Waals surface area contributed by atoms with E-state index in [2.05, 4.69) is 26.8 Å². The predicted octanol–water partition coefficient (Wildman–Crippen LogP) is 1.94. The van der Waals surface area contributed by atoms with Crippen LogP contribution in [-0.2, 0) is 0 Å². The highest BCUT2D eigenvalue weighted by Crippen LogP contribution is 2.19. The number of anilines is 3. The van der Waals surface area contributed by atoms with E-state index in [0.29, 0.717) is 23.0 Å². The van der Waals surface area contributed by atoms with E-state index >= 15 is 0 Å². The molecule has 0 amide bonds. The lowest BCUT2D eigenvalue weighted by molar-refractivity contribution is 0.475. The second kappa shape index (κ2) is 4.70. The molecule has 0 fully saturated rings. The summed E-state index contributed by atoms with van der Waals surface area (Å²) in [6.45, 7) is 5.54. The smallest absolute Gasteiger partial charge is 0.232 e. The van der Waals surface area contributed by atoms with Crippen molar-refractivity contribution >= 4 is 23.2 Å². The monoisotopic (exact) mass is 243 g/mol. The minimum atomic E-state index is 0.116. The van der Waals surface area contributed by atoms with E-state index in [9.17, 15) is 5.11 Å². The van der Waals surface area contributed by atoms with E-state index in [1.165, 1.54) is 0 Å². The third-order valence-corrected chi connectivity index (χ3v) is 2.14. The van der Waals surface area contributed by atoms with Crippen LogP contribution in [0.25, 0.3) is 5.57 Å². The number of hydrogen-bond acceptors (Lipinski definition) is 6. The number of phenolic OH excluding ortho intramolecular Hbond substituents is 1. The number of nitrogen functional groups attached to an aromatic ring is 1. The third-order valence-electron chi connectivity index (χ3n) is 2.14. The number of nitrogens with two attached hydrogens (primary N) is 1. The standard InChI is InChI=1S/C12H13N5O/c1-7(2)10-15-11(13)17-12(16-10)14-8-4-3-5-9(18)6-8/h3-6,18H,1H2,2H3,(H3,13,14,15,16,17). The molecule has 1 aromatic carbocycles. The van der Waals surface area contributed by atoms with Crippen LogP contribution in [0, 0.1) is 0 Å². The van der Waals surface area contributed by atoms with Crippen LogP contribution < -0.4 is 11.1 Å². The van der Waals surface area contributed by atoms with E-state index < -0.39 is 0 Å². The highest BCUT2D eigenvalue weighted by atomic mass is 16.3. The summed E-state index contributed by atoms with van der Waals surface area (Å²) in [6, 6.07) is 6.62. The Labute approximate surface area is 104 Å². The van der Waals surface area contributed by atoms with Gasteiger partial charge in [0.15, 0.2) is 5.82 Å². The molecule has 2 aromatic rings. The summed E-state index contributed by atoms with van der Waals surface area (Å²) >= 11 is 0. The van der Waals surface area contributed by atoms with Gasteiger partial charge in [-0.3, -0.25) is 0 Å². The molecule has 0 saturated heterocycles. The number of nitrogens with zero attached hydrogens (tertiary/aromatic N) is 3. The third kappa shape index (κ3) is 2.73. The van der Waals surface area contributed by atoms with Crippen molar-refractivity contribution in [3.8, 4) is 5.75 Å². The van der Waals surface area contributed by atoms with Gasteiger partial charge in [0, 0.05) is 11.8 Å². The van der Waals surface area contributed by atoms with Crippen LogP contribution in [0.3, 0.4) is 0 Å². The first kappa shape index (κ1) is 11.8. The average molecular weight is 243 g/mol. The van der Waals surface area contributed by atoms with Crippen molar-refractivity contribution < 1.29 is 5.11 Å². The summed E-state index contributed by atoms with van der Waals surface area (Å²) in [4.78, 5) is 12.1. The molecule has 0 spiro atoms. The molecule has 0 unspecified atom stereocenters. The van der Waals surface area contributed by atoms with Crippen LogP contribution in [-0.4, -0.2) is 20.1 Å². The van der Waals surface area contributed by atoms with Gasteiger partial charge in [-0.15, -0.1) is 0 Å². The van der Waals surface area contributed by atoms with Gasteiger partial charge in [0.05, 0.1) is 0 Å². The van der Waals surface area contributed by atoms with Crippen molar-refractivity contribution in [2.24, 2.45) is 0 Å². The lowest BCUT2D eigenvalue weighted by Crippen LogP contribution is -2.06. The van der Waals surface area contributed by atoms with Gasteiger partial charge in [0.1, 0.15) is 5.75 Å². The lowest BCUT2D eigenvalue weighted by atomic mass is 10.3. The fourth-order valence-corrected chi connectivity index (χ4v) is 1.35. The average Bonchev–Trinajstić information content (AvgIpc) is 2.28. The zero-order valence-corrected chi connectivity index (χ0v) is 9.88. The highest BCUT2D eigenvalue weighted by molar-refractivity contribution is 5.60. The van der Waals surface area contributed by atoms with Gasteiger partial charge < -0.3 is 16.2 Å². The first-order valence-corrected chi connectivity index (χ1v) is 5.28. The zero-order chi connectivity index (χ0) is 13.1. The van der Waals surface area contributed by atoms with Crippen LogP contribution in [0.2, 0.25) is 0 Å². The Morgan fingerprint density at radius 1 is 1.33 bits per heavy atom. The fourth-order valence-electron chi connectivity index (χ4n) is 1.35. The number of hydrogen-bond donors (Lipinski definition) is 3. The van der Waals surface area contributed by atoms with Crippen molar-refractivity contribution in [2.45, 2.75) is 6.92 Å². The molecule has 6 nitrogen and oxygen atoms in total. The minimum Gasteiger partial charge on any atom is -0.508 e. The zero-order valence-electron chi connectivity index (χ0n) is 9.88. The Morgan fingerprint density at radius 3 is 2.78 bits per heavy atom. The fraction of sp³-hybridized carbons (Fsp3) is 0.0833. The van der Waals surface area contributed by atoms with Crippen LogP contribution >= 0.6 is 0 Å². The van der Waals surface area contributed by atoms with Gasteiger partial charge in [-0.05, 0) is 24.6 Å². The molecule has 0 bridgehead atoms. The summed E-state index contributed by atoms with van der Waals surface area (Å²) in [5.74, 6) is 1.02. The molecule has 0 aliphatic rings. The Morgan fingerprint density at radius 2 is 2.11 bits per heavy atom. The van der Waals surface area contributed by atoms with E-state index in [0.717, 1.165) is 0 Å². The number of aromatic nitrogens is 3. The number of allylic oxidation sites excluding steroid dienone is 1. The predicted molar refractivity (Wildman–Crippen MR) is 70.3 cm³/mol. The number of aromatic hydroxyl groups is 1. The molecule has 0 aliphatic carbocycles. The van der Waals surface area contributed by atoms with Gasteiger partial charge in [0.25, 0.3) is 0 Å². The highest BCUT2D eigenvalue weighted by Gasteiger charge is 2.05. The van der Waals surface area contributed by atoms with Gasteiger partial charge in [-0.2, -0.15) is 15.0 Å². The molecule has 1 heterocycles. The van der Waals surface area contributed by atoms with Crippen LogP contribution in [0.1, 0.15) is 12.7 Å². The van der Waals surface area contributed by atoms with Crippen molar-refractivity contribution in [3.05, 3.63) is 36.7 Å². The van der Waals surface area contributed by atoms with Crippen molar-refractivity contribution in [1.29, 1.82) is 0 Å². The van der Waals surface area contributed by atoms with Gasteiger partial charge >= 0.3 is 0 Å². The lowest BCUT2D eigenvalue weighted by Gasteiger charge is -2.07. The van der Waals surface area contributed by atoms with Gasteiger partial charge in [-0.25, -0.2) is 0 Å². The number of nitrogens with one attached hydrogen (secondary N) is 1. The van der Waals surface area contributed by atoms with Crippen molar-refractivity contribution in [3.63, 3.8) is 0 Å². The molecule has 92 valence electrons. The summed E-state index contributed by atoms with van der Waals surface area (Å²) in [5.41, 5.74) is 6.95. The maximum atomic E-state index is 9.36. The molecule has 1 aromatic heterocycles. The van der Waals surface area contributed by atoms with E-state index in [-0.39, 0.29) is 11.7 Å². The van der Waals surface area contributed by atoms with E-state index in [1.54, 1.807) is 31.2 Å². The normalized spacial score (nSPS) is 10.1. The van der Waals surface area contributed by atoms with E-state index in [4.69, 9.17) is 5.73 Å². The summed E-state index contributed by atoms with van der Waals surface area (Å²) in [5, 5.41) is 12.3. The Kier molecular flexibility index (Phi) is 3.09. The largest absolute Gasteiger partial charge is 0.508 e. The maximum Gasteiger partial charge on any atom is 0.232 e. The van der Waals surface area contributed by atoms with Gasteiger partial charge in [-0.1, -0.05) is 12.6 Å². The number of phenols is 1. The second-order valence-corrected chi connectivity index (χ2v) is 3.80. The topological polar surface area (TPSA) is 97.0 Å². The van der Waals surface area contributed by atoms with E-state index in [1.807, 2.05) is 0 Å². The summed E-state index contributed by atoms with van der Waals surface area (Å²) < 4.78 is 0. The molecule has 2 rings (SSSR count). The van der Waals surface area contributed by atoms with Crippen molar-refractivity contribution in [1.82, 2.24) is 15.0 Å².